The predicted molar refractivity (Wildman–Crippen MR) is 83.3 cm³/mol. The van der Waals surface area contributed by atoms with Crippen molar-refractivity contribution in [1.82, 2.24) is 0 Å². The first-order valence-electron chi connectivity index (χ1n) is 6.00. The first-order chi connectivity index (χ1) is 9.08. The lowest BCUT2D eigenvalue weighted by atomic mass is 10.00. The van der Waals surface area contributed by atoms with E-state index in [-0.39, 0.29) is 6.04 Å². The van der Waals surface area contributed by atoms with E-state index in [1.54, 1.807) is 6.07 Å². The van der Waals surface area contributed by atoms with Crippen LogP contribution in [0.4, 0.5) is 0 Å². The van der Waals surface area contributed by atoms with Gasteiger partial charge in [0, 0.05) is 11.1 Å². The molecule has 2 aromatic rings. The Labute approximate surface area is 128 Å². The van der Waals surface area contributed by atoms with Crippen molar-refractivity contribution in [1.29, 1.82) is 0 Å². The normalized spacial score (nSPS) is 12.4. The number of rotatable bonds is 4. The lowest BCUT2D eigenvalue weighted by molar-refractivity contribution is 0.665. The van der Waals surface area contributed by atoms with Gasteiger partial charge in [-0.25, -0.2) is 0 Å². The molecule has 0 radical (unpaired) electrons. The maximum Gasteiger partial charge on any atom is 0.0624 e. The van der Waals surface area contributed by atoms with Crippen LogP contribution >= 0.6 is 34.8 Å². The van der Waals surface area contributed by atoms with Gasteiger partial charge < -0.3 is 5.73 Å². The molecular weight excluding hydrogens is 301 g/mol. The summed E-state index contributed by atoms with van der Waals surface area (Å²) in [7, 11) is 0. The molecule has 0 aromatic heterocycles. The van der Waals surface area contributed by atoms with Crippen LogP contribution in [-0.4, -0.2) is 6.04 Å². The van der Waals surface area contributed by atoms with Crippen molar-refractivity contribution in [2.75, 3.05) is 0 Å². The van der Waals surface area contributed by atoms with Crippen LogP contribution in [0.2, 0.25) is 15.1 Å². The van der Waals surface area contributed by atoms with Crippen molar-refractivity contribution < 1.29 is 0 Å². The monoisotopic (exact) mass is 313 g/mol. The van der Waals surface area contributed by atoms with Gasteiger partial charge in [0.2, 0.25) is 0 Å². The Morgan fingerprint density at radius 2 is 1.37 bits per heavy atom. The summed E-state index contributed by atoms with van der Waals surface area (Å²) in [5, 5.41) is 1.89. The third kappa shape index (κ3) is 3.87. The summed E-state index contributed by atoms with van der Waals surface area (Å²) in [5.41, 5.74) is 8.18. The molecule has 0 aliphatic carbocycles. The maximum atomic E-state index is 6.17. The summed E-state index contributed by atoms with van der Waals surface area (Å²) in [4.78, 5) is 0. The number of halogens is 3. The molecule has 2 N–H and O–H groups in total. The average Bonchev–Trinajstić information content (AvgIpc) is 2.38. The van der Waals surface area contributed by atoms with Crippen LogP contribution in [0.3, 0.4) is 0 Å². The Hall–Kier alpha value is -0.730. The molecule has 0 amide bonds. The smallest absolute Gasteiger partial charge is 0.0624 e. The number of benzene rings is 2. The van der Waals surface area contributed by atoms with E-state index in [9.17, 15) is 0 Å². The van der Waals surface area contributed by atoms with E-state index in [1.807, 2.05) is 36.4 Å². The standard InChI is InChI=1S/C15H14Cl3N/c16-13-6-2-1-4-10(13)8-12(19)9-11-5-3-7-14(17)15(11)18/h1-7,12H,8-9,19H2. The van der Waals surface area contributed by atoms with Gasteiger partial charge in [0.1, 0.15) is 0 Å². The maximum absolute atomic E-state index is 6.17. The van der Waals surface area contributed by atoms with E-state index < -0.39 is 0 Å². The van der Waals surface area contributed by atoms with Crippen LogP contribution in [0, 0.1) is 0 Å². The van der Waals surface area contributed by atoms with Crippen molar-refractivity contribution in [3.8, 4) is 0 Å². The summed E-state index contributed by atoms with van der Waals surface area (Å²) in [6.45, 7) is 0. The van der Waals surface area contributed by atoms with Gasteiger partial charge in [-0.1, -0.05) is 65.1 Å². The minimum atomic E-state index is -0.0455. The highest BCUT2D eigenvalue weighted by Crippen LogP contribution is 2.27. The second-order valence-electron chi connectivity index (χ2n) is 4.47. The molecule has 0 saturated carbocycles. The molecule has 1 nitrogen and oxygen atoms in total. The van der Waals surface area contributed by atoms with Gasteiger partial charge in [0.25, 0.3) is 0 Å². The molecule has 2 rings (SSSR count). The number of hydrogen-bond donors (Lipinski definition) is 1. The quantitative estimate of drug-likeness (QED) is 0.865. The Morgan fingerprint density at radius 1 is 0.789 bits per heavy atom. The second-order valence-corrected chi connectivity index (χ2v) is 5.67. The third-order valence-electron chi connectivity index (χ3n) is 2.95. The van der Waals surface area contributed by atoms with Gasteiger partial charge in [-0.3, -0.25) is 0 Å². The molecule has 2 aromatic carbocycles. The van der Waals surface area contributed by atoms with Gasteiger partial charge in [0.05, 0.1) is 10.0 Å². The van der Waals surface area contributed by atoms with E-state index in [2.05, 4.69) is 0 Å². The summed E-state index contributed by atoms with van der Waals surface area (Å²) in [6, 6.07) is 13.3. The van der Waals surface area contributed by atoms with Crippen LogP contribution < -0.4 is 5.73 Å². The first-order valence-corrected chi connectivity index (χ1v) is 7.13. The number of nitrogens with two attached hydrogens (primary N) is 1. The molecule has 0 heterocycles. The van der Waals surface area contributed by atoms with Crippen molar-refractivity contribution in [3.63, 3.8) is 0 Å². The fourth-order valence-electron chi connectivity index (χ4n) is 2.01. The molecule has 0 aliphatic rings. The summed E-state index contributed by atoms with van der Waals surface area (Å²) >= 11 is 18.3. The molecule has 1 atom stereocenters. The molecule has 0 fully saturated rings. The van der Waals surface area contributed by atoms with E-state index in [0.717, 1.165) is 16.1 Å². The zero-order valence-corrected chi connectivity index (χ0v) is 12.5. The van der Waals surface area contributed by atoms with Gasteiger partial charge in [-0.2, -0.15) is 0 Å². The van der Waals surface area contributed by atoms with E-state index in [1.165, 1.54) is 0 Å². The summed E-state index contributed by atoms with van der Waals surface area (Å²) in [5.74, 6) is 0. The minimum Gasteiger partial charge on any atom is -0.327 e. The molecule has 4 heteroatoms. The average molecular weight is 315 g/mol. The number of hydrogen-bond acceptors (Lipinski definition) is 1. The van der Waals surface area contributed by atoms with Crippen LogP contribution in [0.5, 0.6) is 0 Å². The molecule has 1 unspecified atom stereocenters. The molecule has 0 spiro atoms. The fourth-order valence-corrected chi connectivity index (χ4v) is 2.62. The van der Waals surface area contributed by atoms with E-state index in [0.29, 0.717) is 22.9 Å². The largest absolute Gasteiger partial charge is 0.327 e. The Balaban J connectivity index is 2.08. The lowest BCUT2D eigenvalue weighted by Gasteiger charge is -2.14. The van der Waals surface area contributed by atoms with Crippen molar-refractivity contribution in [2.45, 2.75) is 18.9 Å². The SMILES string of the molecule is NC(Cc1ccccc1Cl)Cc1cccc(Cl)c1Cl. The highest BCUT2D eigenvalue weighted by Gasteiger charge is 2.11. The highest BCUT2D eigenvalue weighted by atomic mass is 35.5. The van der Waals surface area contributed by atoms with Crippen LogP contribution in [0.25, 0.3) is 0 Å². The van der Waals surface area contributed by atoms with E-state index in [4.69, 9.17) is 40.5 Å². The molecule has 0 bridgehead atoms. The van der Waals surface area contributed by atoms with Crippen molar-refractivity contribution >= 4 is 34.8 Å². The Bertz CT molecular complexity index is 569. The highest BCUT2D eigenvalue weighted by molar-refractivity contribution is 6.42. The van der Waals surface area contributed by atoms with Crippen LogP contribution in [-0.2, 0) is 12.8 Å². The molecule has 0 aliphatic heterocycles. The predicted octanol–water partition coefficient (Wildman–Crippen LogP) is 4.76. The lowest BCUT2D eigenvalue weighted by Crippen LogP contribution is -2.25. The van der Waals surface area contributed by atoms with Crippen LogP contribution in [0.15, 0.2) is 42.5 Å². The molecule has 0 saturated heterocycles. The van der Waals surface area contributed by atoms with Gasteiger partial charge in [-0.05, 0) is 36.1 Å². The first kappa shape index (κ1) is 14.7. The van der Waals surface area contributed by atoms with Gasteiger partial charge in [0.15, 0.2) is 0 Å². The summed E-state index contributed by atoms with van der Waals surface area (Å²) < 4.78 is 0. The molecule has 19 heavy (non-hydrogen) atoms. The van der Waals surface area contributed by atoms with Crippen LogP contribution in [0.1, 0.15) is 11.1 Å². The molecular formula is C15H14Cl3N. The van der Waals surface area contributed by atoms with Crippen molar-refractivity contribution in [2.24, 2.45) is 5.73 Å². The third-order valence-corrected chi connectivity index (χ3v) is 4.18. The topological polar surface area (TPSA) is 26.0 Å². The zero-order valence-electron chi connectivity index (χ0n) is 10.2. The van der Waals surface area contributed by atoms with E-state index >= 15 is 0 Å². The van der Waals surface area contributed by atoms with Crippen molar-refractivity contribution in [3.05, 3.63) is 68.7 Å². The van der Waals surface area contributed by atoms with Gasteiger partial charge >= 0.3 is 0 Å². The van der Waals surface area contributed by atoms with Gasteiger partial charge in [-0.15, -0.1) is 0 Å². The second kappa shape index (κ2) is 6.62. The molecule has 100 valence electrons. The minimum absolute atomic E-state index is 0.0455. The Kier molecular flexibility index (Phi) is 5.12. The fraction of sp³-hybridized carbons (Fsp3) is 0.200. The summed E-state index contributed by atoms with van der Waals surface area (Å²) in [6.07, 6.45) is 1.38. The Morgan fingerprint density at radius 3 is 2.11 bits per heavy atom. The zero-order chi connectivity index (χ0) is 13.8.